The maximum Gasteiger partial charge on any atom is 0.101 e. The maximum atomic E-state index is 9.06. The lowest BCUT2D eigenvalue weighted by molar-refractivity contribution is 0.610. The van der Waals surface area contributed by atoms with Gasteiger partial charge in [-0.25, -0.2) is 0 Å². The molecule has 1 unspecified atom stereocenters. The van der Waals surface area contributed by atoms with Gasteiger partial charge in [-0.15, -0.1) is 0 Å². The van der Waals surface area contributed by atoms with Gasteiger partial charge in [-0.05, 0) is 38.0 Å². The van der Waals surface area contributed by atoms with Crippen LogP contribution in [0.1, 0.15) is 44.7 Å². The van der Waals surface area contributed by atoms with E-state index in [0.717, 1.165) is 25.1 Å². The monoisotopic (exact) mass is 241 g/mol. The molecule has 3 nitrogen and oxygen atoms in total. The Balaban J connectivity index is 3.14. The van der Waals surface area contributed by atoms with Crippen molar-refractivity contribution in [2.75, 3.05) is 11.4 Å². The number of hydrogen-bond acceptors (Lipinski definition) is 3. The van der Waals surface area contributed by atoms with Gasteiger partial charge < -0.3 is 4.90 Å². The quantitative estimate of drug-likeness (QED) is 0.793. The first kappa shape index (κ1) is 14.1. The van der Waals surface area contributed by atoms with Gasteiger partial charge in [0.05, 0.1) is 11.1 Å². The first-order chi connectivity index (χ1) is 8.67. The second kappa shape index (κ2) is 6.67. The van der Waals surface area contributed by atoms with Crippen LogP contribution >= 0.6 is 0 Å². The minimum Gasteiger partial charge on any atom is -0.369 e. The predicted molar refractivity (Wildman–Crippen MR) is 73.3 cm³/mol. The van der Waals surface area contributed by atoms with E-state index in [1.807, 2.05) is 18.2 Å². The zero-order valence-corrected chi connectivity index (χ0v) is 11.3. The highest BCUT2D eigenvalue weighted by atomic mass is 15.2. The van der Waals surface area contributed by atoms with E-state index in [4.69, 9.17) is 10.5 Å². The fourth-order valence-electron chi connectivity index (χ4n) is 1.97. The molecular weight excluding hydrogens is 222 g/mol. The number of nitriles is 2. The molecule has 0 saturated carbocycles. The third kappa shape index (κ3) is 3.02. The zero-order chi connectivity index (χ0) is 13.5. The van der Waals surface area contributed by atoms with Gasteiger partial charge in [-0.3, -0.25) is 0 Å². The van der Waals surface area contributed by atoms with E-state index in [-0.39, 0.29) is 0 Å². The SMILES string of the molecule is CCCN(c1ccc(C#N)c(C#N)c1)C(C)CC. The van der Waals surface area contributed by atoms with Crippen LogP contribution in [0.5, 0.6) is 0 Å². The van der Waals surface area contributed by atoms with Crippen molar-refractivity contribution in [3.05, 3.63) is 29.3 Å². The van der Waals surface area contributed by atoms with Crippen molar-refractivity contribution in [3.63, 3.8) is 0 Å². The highest BCUT2D eigenvalue weighted by molar-refractivity contribution is 5.58. The van der Waals surface area contributed by atoms with Crippen LogP contribution in [0.2, 0.25) is 0 Å². The van der Waals surface area contributed by atoms with Gasteiger partial charge in [0.1, 0.15) is 12.1 Å². The summed E-state index contributed by atoms with van der Waals surface area (Å²) in [6.45, 7) is 7.44. The summed E-state index contributed by atoms with van der Waals surface area (Å²) in [5, 5.41) is 18.0. The number of hydrogen-bond donors (Lipinski definition) is 0. The van der Waals surface area contributed by atoms with Gasteiger partial charge in [-0.2, -0.15) is 10.5 Å². The highest BCUT2D eigenvalue weighted by Crippen LogP contribution is 2.22. The van der Waals surface area contributed by atoms with Gasteiger partial charge in [0, 0.05) is 18.3 Å². The van der Waals surface area contributed by atoms with Gasteiger partial charge in [0.2, 0.25) is 0 Å². The Labute approximate surface area is 109 Å². The number of rotatable bonds is 5. The van der Waals surface area contributed by atoms with Crippen molar-refractivity contribution < 1.29 is 0 Å². The second-order valence-electron chi connectivity index (χ2n) is 4.40. The van der Waals surface area contributed by atoms with Gasteiger partial charge in [0.15, 0.2) is 0 Å². The molecule has 1 aromatic carbocycles. The molecule has 0 aliphatic rings. The molecule has 0 saturated heterocycles. The normalized spacial score (nSPS) is 11.4. The summed E-state index contributed by atoms with van der Waals surface area (Å²) >= 11 is 0. The number of nitrogens with zero attached hydrogens (tertiary/aromatic N) is 3. The van der Waals surface area contributed by atoms with E-state index < -0.39 is 0 Å². The molecule has 3 heteroatoms. The average molecular weight is 241 g/mol. The Morgan fingerprint density at radius 1 is 1.17 bits per heavy atom. The fraction of sp³-hybridized carbons (Fsp3) is 0.467. The second-order valence-corrected chi connectivity index (χ2v) is 4.40. The predicted octanol–water partition coefficient (Wildman–Crippen LogP) is 3.44. The fourth-order valence-corrected chi connectivity index (χ4v) is 1.97. The van der Waals surface area contributed by atoms with Crippen molar-refractivity contribution in [2.24, 2.45) is 0 Å². The lowest BCUT2D eigenvalue weighted by Gasteiger charge is -2.30. The molecule has 0 radical (unpaired) electrons. The molecule has 0 spiro atoms. The minimum absolute atomic E-state index is 0.435. The van der Waals surface area contributed by atoms with E-state index in [2.05, 4.69) is 31.7 Å². The summed E-state index contributed by atoms with van der Waals surface area (Å²) in [5.74, 6) is 0. The standard InChI is InChI=1S/C15H19N3/c1-4-8-18(12(3)5-2)15-7-6-13(10-16)14(9-15)11-17/h6-7,9,12H,4-5,8H2,1-3H3. The molecule has 0 heterocycles. The highest BCUT2D eigenvalue weighted by Gasteiger charge is 2.13. The van der Waals surface area contributed by atoms with Crippen molar-refractivity contribution >= 4 is 5.69 Å². The lowest BCUT2D eigenvalue weighted by Crippen LogP contribution is -2.33. The van der Waals surface area contributed by atoms with Crippen molar-refractivity contribution in [1.82, 2.24) is 0 Å². The lowest BCUT2D eigenvalue weighted by atomic mass is 10.1. The largest absolute Gasteiger partial charge is 0.369 e. The van der Waals surface area contributed by atoms with Crippen molar-refractivity contribution in [2.45, 2.75) is 39.7 Å². The molecule has 0 fully saturated rings. The van der Waals surface area contributed by atoms with E-state index in [1.54, 1.807) is 6.07 Å². The Kier molecular flexibility index (Phi) is 5.21. The third-order valence-electron chi connectivity index (χ3n) is 3.16. The van der Waals surface area contributed by atoms with E-state index >= 15 is 0 Å². The van der Waals surface area contributed by atoms with Crippen LogP contribution < -0.4 is 4.90 Å². The first-order valence-electron chi connectivity index (χ1n) is 6.38. The van der Waals surface area contributed by atoms with Crippen LogP contribution in [0.25, 0.3) is 0 Å². The third-order valence-corrected chi connectivity index (χ3v) is 3.16. The van der Waals surface area contributed by atoms with Gasteiger partial charge >= 0.3 is 0 Å². The molecule has 0 aromatic heterocycles. The summed E-state index contributed by atoms with van der Waals surface area (Å²) in [4.78, 5) is 2.29. The first-order valence-corrected chi connectivity index (χ1v) is 6.38. The van der Waals surface area contributed by atoms with Crippen LogP contribution in [-0.4, -0.2) is 12.6 Å². The van der Waals surface area contributed by atoms with E-state index in [9.17, 15) is 0 Å². The van der Waals surface area contributed by atoms with Crippen LogP contribution in [0, 0.1) is 22.7 Å². The summed E-state index contributed by atoms with van der Waals surface area (Å²) < 4.78 is 0. The van der Waals surface area contributed by atoms with Crippen LogP contribution in [0.4, 0.5) is 5.69 Å². The van der Waals surface area contributed by atoms with Crippen LogP contribution in [0.15, 0.2) is 18.2 Å². The average Bonchev–Trinajstić information content (AvgIpc) is 2.43. The zero-order valence-electron chi connectivity index (χ0n) is 11.3. The minimum atomic E-state index is 0.435. The molecule has 0 N–H and O–H groups in total. The maximum absolute atomic E-state index is 9.06. The smallest absolute Gasteiger partial charge is 0.101 e. The van der Waals surface area contributed by atoms with Gasteiger partial charge in [-0.1, -0.05) is 13.8 Å². The van der Waals surface area contributed by atoms with Crippen LogP contribution in [0.3, 0.4) is 0 Å². The molecule has 1 atom stereocenters. The summed E-state index contributed by atoms with van der Waals surface area (Å²) in [6.07, 6.45) is 2.12. The van der Waals surface area contributed by atoms with E-state index in [1.165, 1.54) is 0 Å². The molecule has 0 bridgehead atoms. The molecule has 0 aliphatic carbocycles. The van der Waals surface area contributed by atoms with Crippen molar-refractivity contribution in [1.29, 1.82) is 10.5 Å². The molecule has 18 heavy (non-hydrogen) atoms. The molecular formula is C15H19N3. The van der Waals surface area contributed by atoms with Gasteiger partial charge in [0.25, 0.3) is 0 Å². The Bertz CT molecular complexity index is 479. The summed E-state index contributed by atoms with van der Waals surface area (Å²) in [7, 11) is 0. The molecule has 1 rings (SSSR count). The molecule has 1 aromatic rings. The molecule has 0 aliphatic heterocycles. The number of benzene rings is 1. The summed E-state index contributed by atoms with van der Waals surface area (Å²) in [5.41, 5.74) is 1.93. The molecule has 0 amide bonds. The Hall–Kier alpha value is -2.00. The van der Waals surface area contributed by atoms with Crippen molar-refractivity contribution in [3.8, 4) is 12.1 Å². The summed E-state index contributed by atoms with van der Waals surface area (Å²) in [6, 6.07) is 10.1. The topological polar surface area (TPSA) is 50.8 Å². The Morgan fingerprint density at radius 3 is 2.33 bits per heavy atom. The number of anilines is 1. The Morgan fingerprint density at radius 2 is 1.83 bits per heavy atom. The molecule has 94 valence electrons. The van der Waals surface area contributed by atoms with Crippen LogP contribution in [-0.2, 0) is 0 Å². The van der Waals surface area contributed by atoms with E-state index in [0.29, 0.717) is 17.2 Å².